The lowest BCUT2D eigenvalue weighted by molar-refractivity contribution is 0.102. The maximum Gasteiger partial charge on any atom is 0.199 e. The van der Waals surface area contributed by atoms with E-state index in [4.69, 9.17) is 18.6 Å². The molecule has 0 amide bonds. The molecule has 0 spiro atoms. The molecule has 2 saturated heterocycles. The summed E-state index contributed by atoms with van der Waals surface area (Å²) >= 11 is 0. The van der Waals surface area contributed by atoms with Crippen molar-refractivity contribution < 1.29 is 18.6 Å². The van der Waals surface area contributed by atoms with E-state index < -0.39 is 0 Å². The second-order valence-corrected chi connectivity index (χ2v) is 6.99. The molecule has 0 radical (unpaired) electrons. The van der Waals surface area contributed by atoms with E-state index in [0.29, 0.717) is 35.5 Å². The average Bonchev–Trinajstić information content (AvgIpc) is 3.58. The normalized spacial score (nSPS) is 28.9. The zero-order valence-corrected chi connectivity index (χ0v) is 13.9. The molecule has 0 aliphatic carbocycles. The molecule has 4 atom stereocenters. The number of epoxide rings is 2. The fourth-order valence-electron chi connectivity index (χ4n) is 3.95. The van der Waals surface area contributed by atoms with Gasteiger partial charge in [0.05, 0.1) is 24.2 Å². The summed E-state index contributed by atoms with van der Waals surface area (Å²) < 4.78 is 23.5. The van der Waals surface area contributed by atoms with Crippen LogP contribution in [0.25, 0.3) is 22.3 Å². The van der Waals surface area contributed by atoms with Crippen molar-refractivity contribution in [3.63, 3.8) is 0 Å². The van der Waals surface area contributed by atoms with E-state index in [1.165, 1.54) is 0 Å². The second-order valence-electron chi connectivity index (χ2n) is 6.99. The van der Waals surface area contributed by atoms with Crippen molar-refractivity contribution in [2.45, 2.75) is 24.4 Å². The third kappa shape index (κ3) is 2.11. The fraction of sp³-hybridized carbons (Fsp3) is 0.286. The number of hydrogen-bond acceptors (Lipinski definition) is 5. The smallest absolute Gasteiger partial charge is 0.199 e. The first-order valence-electron chi connectivity index (χ1n) is 8.85. The molecule has 5 heteroatoms. The summed E-state index contributed by atoms with van der Waals surface area (Å²) in [6.45, 7) is 0.972. The van der Waals surface area contributed by atoms with E-state index in [1.54, 1.807) is 0 Å². The van der Waals surface area contributed by atoms with Crippen LogP contribution < -0.4 is 5.43 Å². The van der Waals surface area contributed by atoms with E-state index in [1.807, 2.05) is 48.5 Å². The van der Waals surface area contributed by atoms with Crippen molar-refractivity contribution in [3.05, 3.63) is 69.9 Å². The lowest BCUT2D eigenvalue weighted by Crippen LogP contribution is -2.14. The Hall–Kier alpha value is -2.47. The highest BCUT2D eigenvalue weighted by Gasteiger charge is 2.48. The van der Waals surface area contributed by atoms with Crippen molar-refractivity contribution in [1.29, 1.82) is 0 Å². The predicted octanol–water partition coefficient (Wildman–Crippen LogP) is 3.37. The van der Waals surface area contributed by atoms with Crippen molar-refractivity contribution in [2.24, 2.45) is 0 Å². The molecule has 0 saturated carbocycles. The molecule has 3 aliphatic heterocycles. The van der Waals surface area contributed by atoms with Crippen molar-refractivity contribution in [2.75, 3.05) is 13.2 Å². The summed E-state index contributed by atoms with van der Waals surface area (Å²) in [6.07, 6.45) is -0.505. The van der Waals surface area contributed by atoms with Crippen LogP contribution in [0.3, 0.4) is 0 Å². The van der Waals surface area contributed by atoms with Gasteiger partial charge in [-0.15, -0.1) is 0 Å². The molecule has 0 N–H and O–H groups in total. The standard InChI is InChI=1S/C21H16O5/c22-18-16-12-7-4-8-13(16)24-19(11-5-2-1-3-6-11)17(18)21-15(26-21)10-23-9-14-20(12)25-14/h1-8,14-15,20-21H,9-10H2. The lowest BCUT2D eigenvalue weighted by Gasteiger charge is -2.10. The van der Waals surface area contributed by atoms with Gasteiger partial charge in [-0.05, 0) is 11.6 Å². The summed E-state index contributed by atoms with van der Waals surface area (Å²) in [5.74, 6) is 0.584. The van der Waals surface area contributed by atoms with Gasteiger partial charge in [0.25, 0.3) is 0 Å². The number of ether oxygens (including phenoxy) is 3. The minimum atomic E-state index is -0.283. The Balaban J connectivity index is 1.67. The topological polar surface area (TPSA) is 64.5 Å². The maximum atomic E-state index is 13.5. The first-order valence-corrected chi connectivity index (χ1v) is 8.85. The molecule has 1 aromatic heterocycles. The van der Waals surface area contributed by atoms with E-state index in [9.17, 15) is 4.79 Å². The van der Waals surface area contributed by atoms with Gasteiger partial charge in [-0.1, -0.05) is 42.5 Å². The highest BCUT2D eigenvalue weighted by atomic mass is 16.6. The van der Waals surface area contributed by atoms with Crippen LogP contribution in [0.4, 0.5) is 0 Å². The Morgan fingerprint density at radius 1 is 0.846 bits per heavy atom. The lowest BCUT2D eigenvalue weighted by atomic mass is 9.97. The van der Waals surface area contributed by atoms with Crippen molar-refractivity contribution in [3.8, 4) is 11.3 Å². The number of benzene rings is 2. The van der Waals surface area contributed by atoms with E-state index in [0.717, 1.165) is 11.1 Å². The zero-order chi connectivity index (χ0) is 17.3. The van der Waals surface area contributed by atoms with Gasteiger partial charge in [0.1, 0.15) is 35.8 Å². The molecule has 26 heavy (non-hydrogen) atoms. The second kappa shape index (κ2) is 5.27. The van der Waals surface area contributed by atoms with Crippen LogP contribution in [0.15, 0.2) is 57.7 Å². The third-order valence-electron chi connectivity index (χ3n) is 5.34. The minimum absolute atomic E-state index is 0.00690. The van der Waals surface area contributed by atoms with Gasteiger partial charge in [-0.2, -0.15) is 0 Å². The summed E-state index contributed by atoms with van der Waals surface area (Å²) in [4.78, 5) is 13.5. The third-order valence-corrected chi connectivity index (χ3v) is 5.34. The van der Waals surface area contributed by atoms with Gasteiger partial charge < -0.3 is 18.6 Å². The fourth-order valence-corrected chi connectivity index (χ4v) is 3.95. The van der Waals surface area contributed by atoms with Gasteiger partial charge in [-0.3, -0.25) is 4.79 Å². The van der Waals surface area contributed by atoms with Crippen LogP contribution in [0.5, 0.6) is 0 Å². The van der Waals surface area contributed by atoms with Gasteiger partial charge in [-0.25, -0.2) is 0 Å². The molecule has 3 aromatic rings. The van der Waals surface area contributed by atoms with Crippen LogP contribution in [-0.4, -0.2) is 25.4 Å². The quantitative estimate of drug-likeness (QED) is 0.631. The Morgan fingerprint density at radius 2 is 1.62 bits per heavy atom. The van der Waals surface area contributed by atoms with Crippen molar-refractivity contribution in [1.82, 2.24) is 0 Å². The van der Waals surface area contributed by atoms with Gasteiger partial charge in [0, 0.05) is 5.56 Å². The molecular formula is C21H16O5. The van der Waals surface area contributed by atoms with Gasteiger partial charge in [0.2, 0.25) is 0 Å². The number of rotatable bonds is 1. The van der Waals surface area contributed by atoms with Crippen molar-refractivity contribution >= 4 is 11.0 Å². The average molecular weight is 348 g/mol. The highest BCUT2D eigenvalue weighted by Crippen LogP contribution is 2.46. The first kappa shape index (κ1) is 14.7. The highest BCUT2D eigenvalue weighted by molar-refractivity contribution is 5.84. The molecule has 3 aliphatic rings. The van der Waals surface area contributed by atoms with E-state index >= 15 is 0 Å². The summed E-state index contributed by atoms with van der Waals surface area (Å²) in [7, 11) is 0. The molecule has 4 unspecified atom stereocenters. The SMILES string of the molecule is O=c1c2c(-c3ccccc3)oc3cccc(c13)C1OC1COCC1OC21. The summed E-state index contributed by atoms with van der Waals surface area (Å²) in [5.41, 5.74) is 2.90. The molecule has 2 aromatic carbocycles. The molecule has 2 fully saturated rings. The van der Waals surface area contributed by atoms with E-state index in [2.05, 4.69) is 0 Å². The summed E-state index contributed by atoms with van der Waals surface area (Å²) in [5, 5.41) is 0.603. The van der Waals surface area contributed by atoms with Gasteiger partial charge >= 0.3 is 0 Å². The Labute approximate surface area is 149 Å². The largest absolute Gasteiger partial charge is 0.455 e. The van der Waals surface area contributed by atoms with Crippen LogP contribution in [0.2, 0.25) is 0 Å². The van der Waals surface area contributed by atoms with Crippen LogP contribution in [0, 0.1) is 0 Å². The molecule has 4 heterocycles. The molecule has 2 bridgehead atoms. The Kier molecular flexibility index (Phi) is 2.97. The predicted molar refractivity (Wildman–Crippen MR) is 94.0 cm³/mol. The van der Waals surface area contributed by atoms with Gasteiger partial charge in [0.15, 0.2) is 5.43 Å². The molecule has 6 rings (SSSR count). The monoisotopic (exact) mass is 348 g/mol. The first-order chi connectivity index (χ1) is 12.8. The van der Waals surface area contributed by atoms with E-state index in [-0.39, 0.29) is 29.8 Å². The Morgan fingerprint density at radius 3 is 2.46 bits per heavy atom. The maximum absolute atomic E-state index is 13.5. The number of hydrogen-bond donors (Lipinski definition) is 0. The molecule has 130 valence electrons. The summed E-state index contributed by atoms with van der Waals surface area (Å²) in [6, 6.07) is 15.4. The van der Waals surface area contributed by atoms with Crippen LogP contribution in [-0.2, 0) is 14.2 Å². The molecular weight excluding hydrogens is 332 g/mol. The minimum Gasteiger partial charge on any atom is -0.455 e. The van der Waals surface area contributed by atoms with Crippen LogP contribution >= 0.6 is 0 Å². The Bertz CT molecular complexity index is 1070. The number of fused-ring (bicyclic) bond motifs is 5. The zero-order valence-electron chi connectivity index (χ0n) is 13.9. The molecule has 5 nitrogen and oxygen atoms in total. The van der Waals surface area contributed by atoms with Crippen LogP contribution in [0.1, 0.15) is 23.3 Å².